The van der Waals surface area contributed by atoms with Gasteiger partial charge in [0.2, 0.25) is 0 Å². The van der Waals surface area contributed by atoms with Gasteiger partial charge >= 0.3 is 0 Å². The van der Waals surface area contributed by atoms with Crippen molar-refractivity contribution in [3.8, 4) is 5.75 Å². The lowest BCUT2D eigenvalue weighted by Gasteiger charge is -2.29. The summed E-state index contributed by atoms with van der Waals surface area (Å²) in [6, 6.07) is 6.19. The molecule has 0 saturated heterocycles. The van der Waals surface area contributed by atoms with Crippen LogP contribution in [0.4, 0.5) is 4.39 Å². The molecule has 0 unspecified atom stereocenters. The van der Waals surface area contributed by atoms with E-state index in [1.807, 2.05) is 18.7 Å². The van der Waals surface area contributed by atoms with Gasteiger partial charge in [-0.25, -0.2) is 9.37 Å². The molecule has 0 aliphatic carbocycles. The zero-order valence-electron chi connectivity index (χ0n) is 12.5. The number of ether oxygens (including phenoxy) is 1. The van der Waals surface area contributed by atoms with Crippen molar-refractivity contribution < 1.29 is 13.9 Å². The first kappa shape index (κ1) is 15.0. The molecule has 22 heavy (non-hydrogen) atoms. The van der Waals surface area contributed by atoms with Gasteiger partial charge in [-0.2, -0.15) is 0 Å². The quantitative estimate of drug-likeness (QED) is 0.868. The first-order valence-electron chi connectivity index (χ1n) is 7.22. The highest BCUT2D eigenvalue weighted by molar-refractivity contribution is 7.13. The zero-order chi connectivity index (χ0) is 15.7. The Morgan fingerprint density at radius 1 is 1.45 bits per heavy atom. The second-order valence-corrected chi connectivity index (χ2v) is 6.56. The van der Waals surface area contributed by atoms with Crippen LogP contribution in [0.3, 0.4) is 0 Å². The number of benzene rings is 1. The third-order valence-corrected chi connectivity index (χ3v) is 4.63. The fourth-order valence-corrected chi connectivity index (χ4v) is 3.43. The van der Waals surface area contributed by atoms with E-state index >= 15 is 0 Å². The summed E-state index contributed by atoms with van der Waals surface area (Å²) in [5, 5.41) is 0.744. The summed E-state index contributed by atoms with van der Waals surface area (Å²) in [4.78, 5) is 19.4. The van der Waals surface area contributed by atoms with Gasteiger partial charge in [-0.15, -0.1) is 11.3 Å². The molecule has 1 aliphatic heterocycles. The molecule has 0 fully saturated rings. The molecule has 116 valence electrons. The predicted octanol–water partition coefficient (Wildman–Crippen LogP) is 3.27. The Bertz CT molecular complexity index is 699. The summed E-state index contributed by atoms with van der Waals surface area (Å²) in [5.74, 6) is 0.174. The average molecular weight is 320 g/mol. The van der Waals surface area contributed by atoms with E-state index in [9.17, 15) is 9.18 Å². The molecular weight excluding hydrogens is 303 g/mol. The number of rotatable bonds is 4. The summed E-state index contributed by atoms with van der Waals surface area (Å²) < 4.78 is 18.6. The van der Waals surface area contributed by atoms with Crippen LogP contribution in [0.5, 0.6) is 5.75 Å². The smallest absolute Gasteiger partial charge is 0.266 e. The first-order chi connectivity index (χ1) is 10.5. The van der Waals surface area contributed by atoms with E-state index in [-0.39, 0.29) is 24.4 Å². The Hall–Kier alpha value is -1.95. The third-order valence-electron chi connectivity index (χ3n) is 3.57. The second-order valence-electron chi connectivity index (χ2n) is 5.47. The lowest BCUT2D eigenvalue weighted by atomic mass is 10.1. The van der Waals surface area contributed by atoms with Crippen molar-refractivity contribution in [2.24, 2.45) is 0 Å². The van der Waals surface area contributed by atoms with E-state index in [0.29, 0.717) is 17.2 Å². The number of carbonyl (C=O) groups excluding carboxylic acids is 1. The molecule has 0 radical (unpaired) electrons. The number of nitrogens with zero attached hydrogens (tertiary/aromatic N) is 2. The SMILES string of the molecule is CC(C)N1CCc2nc(COc3cccc(F)c3)sc2C1=O. The molecule has 4 nitrogen and oxygen atoms in total. The highest BCUT2D eigenvalue weighted by atomic mass is 32.1. The molecule has 1 aromatic carbocycles. The Morgan fingerprint density at radius 2 is 2.27 bits per heavy atom. The van der Waals surface area contributed by atoms with Crippen molar-refractivity contribution in [1.82, 2.24) is 9.88 Å². The molecule has 0 saturated carbocycles. The Labute approximate surface area is 132 Å². The molecule has 0 bridgehead atoms. The third kappa shape index (κ3) is 2.97. The molecule has 0 atom stereocenters. The molecule has 2 aromatic rings. The summed E-state index contributed by atoms with van der Waals surface area (Å²) in [5.41, 5.74) is 0.852. The topological polar surface area (TPSA) is 42.4 Å². The summed E-state index contributed by atoms with van der Waals surface area (Å²) in [6.45, 7) is 4.98. The number of carbonyl (C=O) groups is 1. The van der Waals surface area contributed by atoms with Crippen molar-refractivity contribution in [3.63, 3.8) is 0 Å². The number of halogens is 1. The maximum atomic E-state index is 13.1. The molecule has 1 amide bonds. The van der Waals surface area contributed by atoms with E-state index in [1.54, 1.807) is 12.1 Å². The standard InChI is InChI=1S/C16H17FN2O2S/c1-10(2)19-7-6-13-15(16(19)20)22-14(18-13)9-21-12-5-3-4-11(17)8-12/h3-5,8,10H,6-7,9H2,1-2H3. The van der Waals surface area contributed by atoms with Gasteiger partial charge in [0.15, 0.2) is 0 Å². The van der Waals surface area contributed by atoms with Crippen LogP contribution in [-0.4, -0.2) is 28.4 Å². The lowest BCUT2D eigenvalue weighted by molar-refractivity contribution is 0.0693. The molecule has 2 heterocycles. The van der Waals surface area contributed by atoms with Gasteiger partial charge < -0.3 is 9.64 Å². The Morgan fingerprint density at radius 3 is 3.00 bits per heavy atom. The van der Waals surface area contributed by atoms with Crippen LogP contribution in [0, 0.1) is 5.82 Å². The average Bonchev–Trinajstić information content (AvgIpc) is 2.89. The number of fused-ring (bicyclic) bond motifs is 1. The number of thiazole rings is 1. The van der Waals surface area contributed by atoms with Gasteiger partial charge in [0, 0.05) is 25.1 Å². The molecule has 3 rings (SSSR count). The van der Waals surface area contributed by atoms with Crippen molar-refractivity contribution in [3.05, 3.63) is 45.7 Å². The first-order valence-corrected chi connectivity index (χ1v) is 8.04. The summed E-state index contributed by atoms with van der Waals surface area (Å²) >= 11 is 1.37. The van der Waals surface area contributed by atoms with Gasteiger partial charge in [-0.3, -0.25) is 4.79 Å². The lowest BCUT2D eigenvalue weighted by Crippen LogP contribution is -2.41. The molecule has 1 aromatic heterocycles. The molecule has 1 aliphatic rings. The fourth-order valence-electron chi connectivity index (χ4n) is 2.45. The van der Waals surface area contributed by atoms with Crippen LogP contribution in [0.25, 0.3) is 0 Å². The minimum Gasteiger partial charge on any atom is -0.486 e. The Balaban J connectivity index is 1.73. The largest absolute Gasteiger partial charge is 0.486 e. The van der Waals surface area contributed by atoms with Crippen molar-refractivity contribution in [1.29, 1.82) is 0 Å². The van der Waals surface area contributed by atoms with Gasteiger partial charge in [-0.1, -0.05) is 6.07 Å². The van der Waals surface area contributed by atoms with E-state index in [0.717, 1.165) is 17.1 Å². The van der Waals surface area contributed by atoms with Crippen LogP contribution in [0.2, 0.25) is 0 Å². The van der Waals surface area contributed by atoms with E-state index in [2.05, 4.69) is 4.98 Å². The second kappa shape index (κ2) is 6.04. The molecule has 6 heteroatoms. The number of amides is 1. The molecule has 0 spiro atoms. The van der Waals surface area contributed by atoms with Gasteiger partial charge in [-0.05, 0) is 26.0 Å². The highest BCUT2D eigenvalue weighted by Gasteiger charge is 2.29. The normalized spacial score (nSPS) is 14.4. The van der Waals surface area contributed by atoms with Crippen molar-refractivity contribution in [2.45, 2.75) is 32.9 Å². The summed E-state index contributed by atoms with van der Waals surface area (Å²) in [6.07, 6.45) is 0.774. The predicted molar refractivity (Wildman–Crippen MR) is 82.7 cm³/mol. The molecule has 0 N–H and O–H groups in total. The van der Waals surface area contributed by atoms with E-state index in [4.69, 9.17) is 4.74 Å². The van der Waals surface area contributed by atoms with E-state index < -0.39 is 0 Å². The Kier molecular flexibility index (Phi) is 4.11. The number of aromatic nitrogens is 1. The maximum absolute atomic E-state index is 13.1. The van der Waals surface area contributed by atoms with Gasteiger partial charge in [0.1, 0.15) is 28.1 Å². The van der Waals surface area contributed by atoms with Crippen LogP contribution in [-0.2, 0) is 13.0 Å². The fraction of sp³-hybridized carbons (Fsp3) is 0.375. The summed E-state index contributed by atoms with van der Waals surface area (Å²) in [7, 11) is 0. The van der Waals surface area contributed by atoms with Crippen LogP contribution >= 0.6 is 11.3 Å². The number of hydrogen-bond acceptors (Lipinski definition) is 4. The van der Waals surface area contributed by atoms with Crippen LogP contribution in [0.1, 0.15) is 34.2 Å². The minimum absolute atomic E-state index is 0.0470. The monoisotopic (exact) mass is 320 g/mol. The van der Waals surface area contributed by atoms with Gasteiger partial charge in [0.05, 0.1) is 5.69 Å². The van der Waals surface area contributed by atoms with Crippen LogP contribution in [0.15, 0.2) is 24.3 Å². The van der Waals surface area contributed by atoms with Gasteiger partial charge in [0.25, 0.3) is 5.91 Å². The maximum Gasteiger partial charge on any atom is 0.266 e. The van der Waals surface area contributed by atoms with E-state index in [1.165, 1.54) is 23.5 Å². The minimum atomic E-state index is -0.335. The molecular formula is C16H17FN2O2S. The van der Waals surface area contributed by atoms with Crippen molar-refractivity contribution in [2.75, 3.05) is 6.54 Å². The highest BCUT2D eigenvalue weighted by Crippen LogP contribution is 2.27. The van der Waals surface area contributed by atoms with Crippen LogP contribution < -0.4 is 4.74 Å². The number of hydrogen-bond donors (Lipinski definition) is 0. The van der Waals surface area contributed by atoms with Crippen molar-refractivity contribution >= 4 is 17.2 Å². The zero-order valence-corrected chi connectivity index (χ0v) is 13.3.